The third-order valence-corrected chi connectivity index (χ3v) is 6.02. The number of amides is 1. The number of hydrogen-bond donors (Lipinski definition) is 4. The van der Waals surface area contributed by atoms with E-state index in [2.05, 4.69) is 20.5 Å². The Bertz CT molecular complexity index is 1180. The van der Waals surface area contributed by atoms with Crippen LogP contribution < -0.4 is 16.8 Å². The molecule has 1 aromatic carbocycles. The van der Waals surface area contributed by atoms with Gasteiger partial charge in [0.25, 0.3) is 11.8 Å². The van der Waals surface area contributed by atoms with Gasteiger partial charge in [0.1, 0.15) is 33.4 Å². The van der Waals surface area contributed by atoms with Gasteiger partial charge in [-0.15, -0.1) is 0 Å². The van der Waals surface area contributed by atoms with Crippen molar-refractivity contribution in [2.45, 2.75) is 37.8 Å². The van der Waals surface area contributed by atoms with Crippen LogP contribution in [0.25, 0.3) is 10.6 Å². The van der Waals surface area contributed by atoms with Gasteiger partial charge >= 0.3 is 0 Å². The zero-order chi connectivity index (χ0) is 23.9. The maximum absolute atomic E-state index is 14.2. The summed E-state index contributed by atoms with van der Waals surface area (Å²) in [7, 11) is 0. The minimum absolute atomic E-state index is 0.0730. The monoisotopic (exact) mass is 484 g/mol. The number of nitrogens with two attached hydrogens (primary N) is 2. The van der Waals surface area contributed by atoms with Crippen LogP contribution in [0.3, 0.4) is 0 Å². The minimum Gasteiger partial charge on any atom is -0.389 e. The molecule has 13 heteroatoms. The molecular weight excluding hydrogens is 464 g/mol. The molecule has 2 atom stereocenters. The third kappa shape index (κ3) is 4.70. The fourth-order valence-corrected chi connectivity index (χ4v) is 4.46. The Morgan fingerprint density at radius 1 is 1.30 bits per heavy atom. The number of hydrogen-bond acceptors (Lipinski definition) is 7. The molecule has 1 saturated heterocycles. The van der Waals surface area contributed by atoms with Gasteiger partial charge < -0.3 is 21.5 Å². The largest absolute Gasteiger partial charge is 0.389 e. The van der Waals surface area contributed by atoms with Crippen LogP contribution in [0.5, 0.6) is 0 Å². The molecule has 6 N–H and O–H groups in total. The van der Waals surface area contributed by atoms with Crippen molar-refractivity contribution >= 4 is 27.9 Å². The van der Waals surface area contributed by atoms with E-state index in [9.17, 15) is 22.4 Å². The van der Waals surface area contributed by atoms with Gasteiger partial charge in [0, 0.05) is 18.9 Å². The lowest BCUT2D eigenvalue weighted by atomic mass is 10.0. The molecule has 1 aliphatic heterocycles. The fourth-order valence-electron chi connectivity index (χ4n) is 3.59. The number of carbonyl (C=O) groups is 1. The van der Waals surface area contributed by atoms with Gasteiger partial charge in [-0.1, -0.05) is 17.4 Å². The molecule has 3 heterocycles. The first-order chi connectivity index (χ1) is 15.6. The van der Waals surface area contributed by atoms with Gasteiger partial charge in [-0.05, 0) is 19.1 Å². The predicted octanol–water partition coefficient (Wildman–Crippen LogP) is 3.77. The van der Waals surface area contributed by atoms with Crippen molar-refractivity contribution in [2.75, 3.05) is 17.7 Å². The van der Waals surface area contributed by atoms with Crippen molar-refractivity contribution in [3.63, 3.8) is 0 Å². The number of nitrogens with one attached hydrogen (secondary N) is 2. The Labute approximate surface area is 189 Å². The van der Waals surface area contributed by atoms with Gasteiger partial charge in [-0.3, -0.25) is 9.89 Å². The number of aromatic nitrogens is 3. The number of carbonyl (C=O) groups excluding carboxylic acids is 1. The SMILES string of the molecule is Cc1[nH]nc(C2CC(F)(F)CC(N)CO2)c1NC(=O)c1nc(-c2c(F)cccc2F)sc1N. The van der Waals surface area contributed by atoms with E-state index >= 15 is 0 Å². The van der Waals surface area contributed by atoms with Gasteiger partial charge in [0.15, 0.2) is 5.69 Å². The molecule has 0 spiro atoms. The quantitative estimate of drug-likeness (QED) is 0.417. The van der Waals surface area contributed by atoms with Crippen LogP contribution >= 0.6 is 11.3 Å². The predicted molar refractivity (Wildman–Crippen MR) is 114 cm³/mol. The summed E-state index contributed by atoms with van der Waals surface area (Å²) in [6, 6.07) is 2.49. The number of aryl methyl sites for hydroxylation is 1. The van der Waals surface area contributed by atoms with Crippen LogP contribution in [0.1, 0.15) is 40.8 Å². The van der Waals surface area contributed by atoms with Crippen molar-refractivity contribution in [1.29, 1.82) is 0 Å². The number of benzene rings is 1. The number of aromatic amines is 1. The molecule has 4 rings (SSSR count). The number of anilines is 2. The Hall–Kier alpha value is -3.03. The van der Waals surface area contributed by atoms with Gasteiger partial charge in [-0.2, -0.15) is 5.10 Å². The molecule has 0 radical (unpaired) electrons. The van der Waals surface area contributed by atoms with Crippen molar-refractivity contribution < 1.29 is 27.1 Å². The van der Waals surface area contributed by atoms with Crippen LogP contribution in [0.2, 0.25) is 0 Å². The number of nitrogen functional groups attached to an aromatic ring is 1. The maximum Gasteiger partial charge on any atom is 0.277 e. The summed E-state index contributed by atoms with van der Waals surface area (Å²) < 4.78 is 62.2. The zero-order valence-electron chi connectivity index (χ0n) is 17.3. The smallest absolute Gasteiger partial charge is 0.277 e. The topological polar surface area (TPSA) is 132 Å². The lowest BCUT2D eigenvalue weighted by Gasteiger charge is -2.19. The Morgan fingerprint density at radius 2 is 2.00 bits per heavy atom. The number of H-pyrrole nitrogens is 1. The number of rotatable bonds is 4. The van der Waals surface area contributed by atoms with E-state index in [1.165, 1.54) is 6.07 Å². The third-order valence-electron chi connectivity index (χ3n) is 5.12. The molecule has 1 aliphatic rings. The molecule has 2 aromatic heterocycles. The van der Waals surface area contributed by atoms with Gasteiger partial charge in [0.2, 0.25) is 0 Å². The first kappa shape index (κ1) is 23.1. The van der Waals surface area contributed by atoms with E-state index in [-0.39, 0.29) is 33.7 Å². The lowest BCUT2D eigenvalue weighted by Crippen LogP contribution is -2.30. The maximum atomic E-state index is 14.2. The van der Waals surface area contributed by atoms with Gasteiger partial charge in [-0.25, -0.2) is 22.5 Å². The molecule has 0 bridgehead atoms. The second kappa shape index (κ2) is 8.72. The highest BCUT2D eigenvalue weighted by Crippen LogP contribution is 2.40. The Kier molecular flexibility index (Phi) is 6.12. The molecule has 8 nitrogen and oxygen atoms in total. The summed E-state index contributed by atoms with van der Waals surface area (Å²) in [6.07, 6.45) is -2.31. The van der Waals surface area contributed by atoms with Crippen molar-refractivity contribution in [3.05, 3.63) is 46.9 Å². The normalized spacial score (nSPS) is 20.4. The number of halogens is 4. The van der Waals surface area contributed by atoms with E-state index in [1.807, 2.05) is 0 Å². The average molecular weight is 484 g/mol. The summed E-state index contributed by atoms with van der Waals surface area (Å²) in [5, 5.41) is 9.04. The second-order valence-electron chi connectivity index (χ2n) is 7.74. The lowest BCUT2D eigenvalue weighted by molar-refractivity contribution is -0.0444. The molecule has 176 valence electrons. The van der Waals surface area contributed by atoms with Crippen molar-refractivity contribution in [1.82, 2.24) is 15.2 Å². The highest BCUT2D eigenvalue weighted by molar-refractivity contribution is 7.19. The molecule has 0 aliphatic carbocycles. The molecule has 1 amide bonds. The molecule has 3 aromatic rings. The van der Waals surface area contributed by atoms with Crippen LogP contribution in [0, 0.1) is 18.6 Å². The number of thiazole rings is 1. The summed E-state index contributed by atoms with van der Waals surface area (Å²) in [6.45, 7) is 1.48. The van der Waals surface area contributed by atoms with Crippen molar-refractivity contribution in [2.24, 2.45) is 5.73 Å². The van der Waals surface area contributed by atoms with E-state index in [0.717, 1.165) is 23.5 Å². The molecule has 0 saturated carbocycles. The second-order valence-corrected chi connectivity index (χ2v) is 8.77. The van der Waals surface area contributed by atoms with Crippen LogP contribution in [-0.4, -0.2) is 39.7 Å². The van der Waals surface area contributed by atoms with Crippen LogP contribution in [0.15, 0.2) is 18.2 Å². The van der Waals surface area contributed by atoms with E-state index in [1.54, 1.807) is 6.92 Å². The standard InChI is InChI=1S/C20H20F4N6O2S/c1-8-14(15(30-29-8)12-6-20(23,24)5-9(25)7-32-12)27-18(31)16-17(26)33-19(28-16)13-10(21)3-2-4-11(13)22/h2-4,9,12H,5-7,25-26H2,1H3,(H,27,31)(H,29,30). The van der Waals surface area contributed by atoms with Crippen LogP contribution in [0.4, 0.5) is 28.3 Å². The number of ether oxygens (including phenoxy) is 1. The number of alkyl halides is 2. The molecule has 33 heavy (non-hydrogen) atoms. The summed E-state index contributed by atoms with van der Waals surface area (Å²) >= 11 is 0.741. The number of nitrogens with zero attached hydrogens (tertiary/aromatic N) is 2. The van der Waals surface area contributed by atoms with E-state index < -0.39 is 54.0 Å². The van der Waals surface area contributed by atoms with Crippen molar-refractivity contribution in [3.8, 4) is 10.6 Å². The molecular formula is C20H20F4N6O2S. The summed E-state index contributed by atoms with van der Waals surface area (Å²) in [5.41, 5.74) is 11.5. The minimum atomic E-state index is -3.08. The van der Waals surface area contributed by atoms with E-state index in [0.29, 0.717) is 5.69 Å². The molecule has 1 fully saturated rings. The first-order valence-electron chi connectivity index (χ1n) is 9.87. The zero-order valence-corrected chi connectivity index (χ0v) is 18.1. The summed E-state index contributed by atoms with van der Waals surface area (Å²) in [5.74, 6) is -5.58. The molecule has 2 unspecified atom stereocenters. The van der Waals surface area contributed by atoms with Gasteiger partial charge in [0.05, 0.1) is 23.6 Å². The Balaban J connectivity index is 1.62. The van der Waals surface area contributed by atoms with E-state index in [4.69, 9.17) is 16.2 Å². The highest BCUT2D eigenvalue weighted by atomic mass is 32.1. The highest BCUT2D eigenvalue weighted by Gasteiger charge is 2.40. The first-order valence-corrected chi connectivity index (χ1v) is 10.7. The summed E-state index contributed by atoms with van der Waals surface area (Å²) in [4.78, 5) is 16.9. The Morgan fingerprint density at radius 3 is 2.70 bits per heavy atom. The van der Waals surface area contributed by atoms with Crippen LogP contribution in [-0.2, 0) is 4.74 Å². The average Bonchev–Trinajstić information content (AvgIpc) is 3.23. The fraction of sp³-hybridized carbons (Fsp3) is 0.350.